The van der Waals surface area contributed by atoms with Crippen molar-refractivity contribution in [3.05, 3.63) is 29.3 Å². The fourth-order valence-corrected chi connectivity index (χ4v) is 2.66. The summed E-state index contributed by atoms with van der Waals surface area (Å²) < 4.78 is 1.81. The molecule has 0 amide bonds. The molecule has 0 bridgehead atoms. The van der Waals surface area contributed by atoms with Crippen LogP contribution in [0.4, 0.5) is 0 Å². The minimum Gasteiger partial charge on any atom is -0.293 e. The number of aromatic nitrogens is 2. The van der Waals surface area contributed by atoms with Crippen molar-refractivity contribution in [2.75, 3.05) is 0 Å². The quantitative estimate of drug-likeness (QED) is 0.765. The predicted molar refractivity (Wildman–Crippen MR) is 65.7 cm³/mol. The molecule has 16 heavy (non-hydrogen) atoms. The van der Waals surface area contributed by atoms with Gasteiger partial charge in [-0.3, -0.25) is 9.48 Å². The van der Waals surface area contributed by atoms with Crippen LogP contribution in [0.15, 0.2) is 24.4 Å². The Labute approximate surface area is 98.7 Å². The van der Waals surface area contributed by atoms with Crippen molar-refractivity contribution >= 4 is 17.1 Å². The fourth-order valence-electron chi connectivity index (χ4n) is 1.51. The van der Waals surface area contributed by atoms with E-state index in [1.54, 1.807) is 6.20 Å². The molecule has 0 N–H and O–H groups in total. The van der Waals surface area contributed by atoms with E-state index in [1.165, 1.54) is 11.3 Å². The van der Waals surface area contributed by atoms with E-state index in [4.69, 9.17) is 0 Å². The van der Waals surface area contributed by atoms with E-state index in [2.05, 4.69) is 5.10 Å². The topological polar surface area (TPSA) is 34.9 Å². The first-order valence-electron chi connectivity index (χ1n) is 5.22. The maximum Gasteiger partial charge on any atom is 0.175 e. The predicted octanol–water partition coefficient (Wildman–Crippen LogP) is 2.99. The second-order valence-electron chi connectivity index (χ2n) is 4.02. The van der Waals surface area contributed by atoms with Crippen molar-refractivity contribution in [3.63, 3.8) is 0 Å². The lowest BCUT2D eigenvalue weighted by molar-refractivity contribution is 0.0943. The molecule has 3 nitrogen and oxygen atoms in total. The highest BCUT2D eigenvalue weighted by atomic mass is 32.1. The first kappa shape index (κ1) is 11.1. The van der Waals surface area contributed by atoms with Gasteiger partial charge >= 0.3 is 0 Å². The van der Waals surface area contributed by atoms with Crippen LogP contribution >= 0.6 is 11.3 Å². The molecule has 2 aromatic rings. The standard InChI is InChI=1S/C12H14N2OS/c1-8(2)12(15)11-5-4-10(16-11)9-6-7-13-14(9)3/h4-8H,1-3H3. The summed E-state index contributed by atoms with van der Waals surface area (Å²) in [6.45, 7) is 3.84. The summed E-state index contributed by atoms with van der Waals surface area (Å²) >= 11 is 1.53. The van der Waals surface area contributed by atoms with Gasteiger partial charge in [0.1, 0.15) is 0 Å². The molecule has 84 valence electrons. The Balaban J connectivity index is 2.34. The van der Waals surface area contributed by atoms with Gasteiger partial charge in [-0.05, 0) is 18.2 Å². The third-order valence-corrected chi connectivity index (χ3v) is 3.57. The molecule has 0 aliphatic carbocycles. The molecule has 2 heterocycles. The zero-order valence-corrected chi connectivity index (χ0v) is 10.4. The van der Waals surface area contributed by atoms with E-state index in [9.17, 15) is 4.79 Å². The molecule has 0 radical (unpaired) electrons. The SMILES string of the molecule is CC(C)C(=O)c1ccc(-c2ccnn2C)s1. The molecule has 0 atom stereocenters. The molecular weight excluding hydrogens is 220 g/mol. The lowest BCUT2D eigenvalue weighted by atomic mass is 10.1. The average molecular weight is 234 g/mol. The number of carbonyl (C=O) groups excluding carboxylic acids is 1. The second kappa shape index (κ2) is 4.22. The Bertz CT molecular complexity index is 511. The third-order valence-electron chi connectivity index (χ3n) is 2.45. The molecule has 0 aliphatic rings. The monoisotopic (exact) mass is 234 g/mol. The number of hydrogen-bond donors (Lipinski definition) is 0. The van der Waals surface area contributed by atoms with Gasteiger partial charge in [-0.15, -0.1) is 11.3 Å². The van der Waals surface area contributed by atoms with Gasteiger partial charge in [0.15, 0.2) is 5.78 Å². The zero-order valence-electron chi connectivity index (χ0n) is 9.60. The van der Waals surface area contributed by atoms with Crippen LogP contribution in [0.25, 0.3) is 10.6 Å². The van der Waals surface area contributed by atoms with Crippen molar-refractivity contribution in [3.8, 4) is 10.6 Å². The van der Waals surface area contributed by atoms with Crippen LogP contribution in [0.2, 0.25) is 0 Å². The summed E-state index contributed by atoms with van der Waals surface area (Å²) in [5, 5.41) is 4.12. The average Bonchev–Trinajstić information content (AvgIpc) is 2.84. The zero-order chi connectivity index (χ0) is 11.7. The van der Waals surface area contributed by atoms with E-state index in [0.29, 0.717) is 0 Å². The molecular formula is C12H14N2OS. The van der Waals surface area contributed by atoms with Gasteiger partial charge in [-0.2, -0.15) is 5.10 Å². The van der Waals surface area contributed by atoms with Crippen molar-refractivity contribution < 1.29 is 4.79 Å². The van der Waals surface area contributed by atoms with Crippen LogP contribution in [0.3, 0.4) is 0 Å². The maximum atomic E-state index is 11.8. The minimum absolute atomic E-state index is 0.0537. The number of thiophene rings is 1. The number of hydrogen-bond acceptors (Lipinski definition) is 3. The molecule has 0 unspecified atom stereocenters. The highest BCUT2D eigenvalue weighted by molar-refractivity contribution is 7.17. The van der Waals surface area contributed by atoms with Crippen molar-refractivity contribution in [2.45, 2.75) is 13.8 Å². The van der Waals surface area contributed by atoms with E-state index < -0.39 is 0 Å². The van der Waals surface area contributed by atoms with Crippen molar-refractivity contribution in [2.24, 2.45) is 13.0 Å². The van der Waals surface area contributed by atoms with Crippen molar-refractivity contribution in [1.82, 2.24) is 9.78 Å². The number of aryl methyl sites for hydroxylation is 1. The molecule has 0 aromatic carbocycles. The molecule has 4 heteroatoms. The summed E-state index contributed by atoms with van der Waals surface area (Å²) in [7, 11) is 1.90. The molecule has 0 saturated carbocycles. The smallest absolute Gasteiger partial charge is 0.175 e. The van der Waals surface area contributed by atoms with Crippen LogP contribution in [0.1, 0.15) is 23.5 Å². The van der Waals surface area contributed by atoms with E-state index >= 15 is 0 Å². The van der Waals surface area contributed by atoms with Crippen LogP contribution in [-0.4, -0.2) is 15.6 Å². The van der Waals surface area contributed by atoms with Crippen LogP contribution < -0.4 is 0 Å². The summed E-state index contributed by atoms with van der Waals surface area (Å²) in [4.78, 5) is 13.7. The largest absolute Gasteiger partial charge is 0.293 e. The Kier molecular flexibility index (Phi) is 2.92. The lowest BCUT2D eigenvalue weighted by Gasteiger charge is -2.00. The summed E-state index contributed by atoms with van der Waals surface area (Å²) in [6, 6.07) is 5.84. The molecule has 2 rings (SSSR count). The first-order chi connectivity index (χ1) is 7.59. The number of Topliss-reactive ketones (excluding diaryl/α,β-unsaturated/α-hetero) is 1. The van der Waals surface area contributed by atoms with Gasteiger partial charge in [0.25, 0.3) is 0 Å². The number of nitrogens with zero attached hydrogens (tertiary/aromatic N) is 2. The van der Waals surface area contributed by atoms with Gasteiger partial charge < -0.3 is 0 Å². The molecule has 0 aliphatic heterocycles. The molecule has 0 spiro atoms. The fraction of sp³-hybridized carbons (Fsp3) is 0.333. The normalized spacial score (nSPS) is 11.0. The highest BCUT2D eigenvalue weighted by Gasteiger charge is 2.14. The van der Waals surface area contributed by atoms with Gasteiger partial charge in [-0.1, -0.05) is 13.8 Å². The first-order valence-corrected chi connectivity index (χ1v) is 6.03. The van der Waals surface area contributed by atoms with E-state index in [0.717, 1.165) is 15.4 Å². The van der Waals surface area contributed by atoms with E-state index in [1.807, 2.05) is 43.8 Å². The Morgan fingerprint density at radius 2 is 2.12 bits per heavy atom. The Morgan fingerprint density at radius 1 is 1.38 bits per heavy atom. The second-order valence-corrected chi connectivity index (χ2v) is 5.11. The minimum atomic E-state index is 0.0537. The van der Waals surface area contributed by atoms with Gasteiger partial charge in [0.2, 0.25) is 0 Å². The van der Waals surface area contributed by atoms with Crippen LogP contribution in [0, 0.1) is 5.92 Å². The summed E-state index contributed by atoms with van der Waals surface area (Å²) in [5.74, 6) is 0.261. The molecule has 0 fully saturated rings. The van der Waals surface area contributed by atoms with Crippen molar-refractivity contribution in [1.29, 1.82) is 0 Å². The number of carbonyl (C=O) groups is 1. The lowest BCUT2D eigenvalue weighted by Crippen LogP contribution is -2.04. The number of rotatable bonds is 3. The van der Waals surface area contributed by atoms with Crippen LogP contribution in [-0.2, 0) is 7.05 Å². The van der Waals surface area contributed by atoms with Gasteiger partial charge in [0.05, 0.1) is 15.4 Å². The van der Waals surface area contributed by atoms with Gasteiger partial charge in [0, 0.05) is 19.2 Å². The molecule has 0 saturated heterocycles. The summed E-state index contributed by atoms with van der Waals surface area (Å²) in [6.07, 6.45) is 1.76. The maximum absolute atomic E-state index is 11.8. The van der Waals surface area contributed by atoms with Gasteiger partial charge in [-0.25, -0.2) is 0 Å². The van der Waals surface area contributed by atoms with Crippen LogP contribution in [0.5, 0.6) is 0 Å². The third kappa shape index (κ3) is 1.93. The number of ketones is 1. The summed E-state index contributed by atoms with van der Waals surface area (Å²) in [5.41, 5.74) is 1.05. The van der Waals surface area contributed by atoms with E-state index in [-0.39, 0.29) is 11.7 Å². The molecule has 2 aromatic heterocycles. The highest BCUT2D eigenvalue weighted by Crippen LogP contribution is 2.28. The Hall–Kier alpha value is -1.42. The Morgan fingerprint density at radius 3 is 2.69 bits per heavy atom.